The molecule has 1 aliphatic rings. The standard InChI is InChI=1S/C19H17ClN2O4/c1-19(14-5-3-4-6-15(14)20)17(24)22(18(25)21-19)11-16(23)12-7-9-13(26-2)10-8-12/h3-10H,11H2,1-2H3,(H,21,25)/t19-/m1/s1. The van der Waals surface area contributed by atoms with Gasteiger partial charge in [0.25, 0.3) is 5.91 Å². The zero-order chi connectivity index (χ0) is 18.9. The zero-order valence-corrected chi connectivity index (χ0v) is 15.0. The van der Waals surface area contributed by atoms with Crippen molar-refractivity contribution in [2.75, 3.05) is 13.7 Å². The van der Waals surface area contributed by atoms with Gasteiger partial charge in [0.1, 0.15) is 11.3 Å². The smallest absolute Gasteiger partial charge is 0.325 e. The Hall–Kier alpha value is -2.86. The van der Waals surface area contributed by atoms with Gasteiger partial charge in [0.2, 0.25) is 0 Å². The van der Waals surface area contributed by atoms with Crippen LogP contribution in [0.25, 0.3) is 0 Å². The van der Waals surface area contributed by atoms with E-state index < -0.39 is 17.5 Å². The zero-order valence-electron chi connectivity index (χ0n) is 14.3. The van der Waals surface area contributed by atoms with Crippen molar-refractivity contribution in [3.05, 3.63) is 64.7 Å². The summed E-state index contributed by atoms with van der Waals surface area (Å²) >= 11 is 6.18. The Morgan fingerprint density at radius 3 is 2.42 bits per heavy atom. The van der Waals surface area contributed by atoms with Gasteiger partial charge >= 0.3 is 6.03 Å². The van der Waals surface area contributed by atoms with Crippen LogP contribution in [0.1, 0.15) is 22.8 Å². The van der Waals surface area contributed by atoms with Gasteiger partial charge in [0.15, 0.2) is 5.78 Å². The van der Waals surface area contributed by atoms with Crippen molar-refractivity contribution in [2.24, 2.45) is 0 Å². The minimum Gasteiger partial charge on any atom is -0.497 e. The first-order valence-electron chi connectivity index (χ1n) is 7.93. The van der Waals surface area contributed by atoms with Crippen LogP contribution in [-0.4, -0.2) is 36.3 Å². The molecule has 6 nitrogen and oxygen atoms in total. The highest BCUT2D eigenvalue weighted by Gasteiger charge is 2.50. The van der Waals surface area contributed by atoms with Crippen LogP contribution in [0.4, 0.5) is 4.79 Å². The quantitative estimate of drug-likeness (QED) is 0.646. The van der Waals surface area contributed by atoms with E-state index in [-0.39, 0.29) is 12.3 Å². The SMILES string of the molecule is COc1ccc(C(=O)CN2C(=O)N[C@](C)(c3ccccc3Cl)C2=O)cc1. The maximum Gasteiger partial charge on any atom is 0.325 e. The highest BCUT2D eigenvalue weighted by Crippen LogP contribution is 2.33. The lowest BCUT2D eigenvalue weighted by atomic mass is 9.92. The third kappa shape index (κ3) is 3.04. The Kier molecular flexibility index (Phi) is 4.70. The Morgan fingerprint density at radius 2 is 1.81 bits per heavy atom. The number of Topliss-reactive ketones (excluding diaryl/α,β-unsaturated/α-hetero) is 1. The molecule has 0 unspecified atom stereocenters. The van der Waals surface area contributed by atoms with E-state index in [1.54, 1.807) is 55.5 Å². The first-order valence-corrected chi connectivity index (χ1v) is 8.31. The van der Waals surface area contributed by atoms with Gasteiger partial charge in [0.05, 0.1) is 13.7 Å². The minimum absolute atomic E-state index is 0.348. The van der Waals surface area contributed by atoms with Crippen molar-refractivity contribution in [3.63, 3.8) is 0 Å². The third-order valence-electron chi connectivity index (χ3n) is 4.40. The molecule has 1 N–H and O–H groups in total. The molecular formula is C19H17ClN2O4. The molecule has 0 aromatic heterocycles. The summed E-state index contributed by atoms with van der Waals surface area (Å²) in [7, 11) is 1.53. The number of rotatable bonds is 5. The number of carbonyl (C=O) groups excluding carboxylic acids is 3. The number of imide groups is 1. The monoisotopic (exact) mass is 372 g/mol. The van der Waals surface area contributed by atoms with Crippen molar-refractivity contribution in [3.8, 4) is 5.75 Å². The number of nitrogens with zero attached hydrogens (tertiary/aromatic N) is 1. The molecule has 3 rings (SSSR count). The van der Waals surface area contributed by atoms with Gasteiger partial charge in [0, 0.05) is 16.1 Å². The van der Waals surface area contributed by atoms with E-state index in [9.17, 15) is 14.4 Å². The van der Waals surface area contributed by atoms with E-state index in [1.165, 1.54) is 7.11 Å². The second-order valence-corrected chi connectivity index (χ2v) is 6.49. The lowest BCUT2D eigenvalue weighted by Gasteiger charge is -2.23. The van der Waals surface area contributed by atoms with Crippen LogP contribution in [-0.2, 0) is 10.3 Å². The lowest BCUT2D eigenvalue weighted by Crippen LogP contribution is -2.41. The van der Waals surface area contributed by atoms with E-state index >= 15 is 0 Å². The summed E-state index contributed by atoms with van der Waals surface area (Å²) in [5.74, 6) is -0.250. The van der Waals surface area contributed by atoms with E-state index in [2.05, 4.69) is 5.32 Å². The number of ketones is 1. The van der Waals surface area contributed by atoms with Crippen molar-refractivity contribution in [2.45, 2.75) is 12.5 Å². The summed E-state index contributed by atoms with van der Waals surface area (Å²) in [6.45, 7) is 1.23. The molecule has 0 aliphatic carbocycles. The number of methoxy groups -OCH3 is 1. The van der Waals surface area contributed by atoms with Crippen molar-refractivity contribution >= 4 is 29.3 Å². The van der Waals surface area contributed by atoms with Crippen LogP contribution in [0.5, 0.6) is 5.75 Å². The Labute approximate surface area is 155 Å². The Bertz CT molecular complexity index is 881. The minimum atomic E-state index is -1.31. The number of carbonyl (C=O) groups is 3. The molecule has 7 heteroatoms. The van der Waals surface area contributed by atoms with E-state index in [0.717, 1.165) is 4.90 Å². The molecule has 0 radical (unpaired) electrons. The second kappa shape index (κ2) is 6.80. The molecule has 0 bridgehead atoms. The number of hydrogen-bond acceptors (Lipinski definition) is 4. The number of ether oxygens (including phenoxy) is 1. The van der Waals surface area contributed by atoms with Crippen LogP contribution in [0, 0.1) is 0 Å². The summed E-state index contributed by atoms with van der Waals surface area (Å²) in [6.07, 6.45) is 0. The van der Waals surface area contributed by atoms with Crippen molar-refractivity contribution in [1.29, 1.82) is 0 Å². The summed E-state index contributed by atoms with van der Waals surface area (Å²) in [6, 6.07) is 12.6. The van der Waals surface area contributed by atoms with Crippen molar-refractivity contribution in [1.82, 2.24) is 10.2 Å². The summed E-state index contributed by atoms with van der Waals surface area (Å²) < 4.78 is 5.05. The molecule has 3 amide bonds. The summed E-state index contributed by atoms with van der Waals surface area (Å²) in [4.78, 5) is 38.6. The number of hydrogen-bond donors (Lipinski definition) is 1. The molecular weight excluding hydrogens is 356 g/mol. The van der Waals surface area contributed by atoms with Gasteiger partial charge in [-0.15, -0.1) is 0 Å². The second-order valence-electron chi connectivity index (χ2n) is 6.08. The van der Waals surface area contributed by atoms with Gasteiger partial charge < -0.3 is 10.1 Å². The maximum absolute atomic E-state index is 12.9. The maximum atomic E-state index is 12.9. The third-order valence-corrected chi connectivity index (χ3v) is 4.73. The molecule has 0 saturated carbocycles. The largest absolute Gasteiger partial charge is 0.497 e. The van der Waals surface area contributed by atoms with Gasteiger partial charge in [-0.25, -0.2) is 4.79 Å². The van der Waals surface area contributed by atoms with Crippen LogP contribution in [0.3, 0.4) is 0 Å². The molecule has 26 heavy (non-hydrogen) atoms. The first-order chi connectivity index (χ1) is 12.4. The van der Waals surface area contributed by atoms with E-state index in [4.69, 9.17) is 16.3 Å². The van der Waals surface area contributed by atoms with Crippen LogP contribution >= 0.6 is 11.6 Å². The van der Waals surface area contributed by atoms with Crippen LogP contribution in [0.15, 0.2) is 48.5 Å². The molecule has 2 aromatic rings. The average molecular weight is 373 g/mol. The number of nitrogens with one attached hydrogen (secondary N) is 1. The number of halogens is 1. The molecule has 0 spiro atoms. The van der Waals surface area contributed by atoms with Crippen LogP contribution in [0.2, 0.25) is 5.02 Å². The topological polar surface area (TPSA) is 75.7 Å². The van der Waals surface area contributed by atoms with Gasteiger partial charge in [-0.2, -0.15) is 0 Å². The highest BCUT2D eigenvalue weighted by atomic mass is 35.5. The fraction of sp³-hybridized carbons (Fsp3) is 0.211. The Morgan fingerprint density at radius 1 is 1.15 bits per heavy atom. The van der Waals surface area contributed by atoms with Crippen LogP contribution < -0.4 is 10.1 Å². The number of benzene rings is 2. The highest BCUT2D eigenvalue weighted by molar-refractivity contribution is 6.32. The molecule has 1 saturated heterocycles. The predicted octanol–water partition coefficient (Wildman–Crippen LogP) is 3.00. The molecule has 134 valence electrons. The van der Waals surface area contributed by atoms with Crippen molar-refractivity contribution < 1.29 is 19.1 Å². The number of urea groups is 1. The molecule has 1 atom stereocenters. The summed E-state index contributed by atoms with van der Waals surface area (Å²) in [5, 5.41) is 3.01. The predicted molar refractivity (Wildman–Crippen MR) is 96.4 cm³/mol. The molecule has 1 fully saturated rings. The first kappa shape index (κ1) is 17.9. The van der Waals surface area contributed by atoms with E-state index in [0.29, 0.717) is 21.9 Å². The van der Waals surface area contributed by atoms with Gasteiger partial charge in [-0.1, -0.05) is 29.8 Å². The summed E-state index contributed by atoms with van der Waals surface area (Å²) in [5.41, 5.74) is -0.438. The lowest BCUT2D eigenvalue weighted by molar-refractivity contribution is -0.130. The average Bonchev–Trinajstić information content (AvgIpc) is 2.86. The fourth-order valence-electron chi connectivity index (χ4n) is 2.90. The molecule has 1 aliphatic heterocycles. The Balaban J connectivity index is 1.83. The molecule has 1 heterocycles. The van der Waals surface area contributed by atoms with E-state index in [1.807, 2.05) is 0 Å². The normalized spacial score (nSPS) is 19.4. The molecule has 2 aromatic carbocycles. The van der Waals surface area contributed by atoms with Gasteiger partial charge in [-0.05, 0) is 37.3 Å². The fourth-order valence-corrected chi connectivity index (χ4v) is 3.23. The number of amides is 3. The van der Waals surface area contributed by atoms with Gasteiger partial charge in [-0.3, -0.25) is 14.5 Å².